The van der Waals surface area contributed by atoms with Crippen molar-refractivity contribution in [2.24, 2.45) is 0 Å². The van der Waals surface area contributed by atoms with Crippen molar-refractivity contribution in [1.29, 1.82) is 0 Å². The van der Waals surface area contributed by atoms with Crippen LogP contribution in [-0.4, -0.2) is 58.5 Å². The molecule has 0 aliphatic rings. The van der Waals surface area contributed by atoms with Crippen LogP contribution in [0, 0.1) is 0 Å². The highest BCUT2D eigenvalue weighted by Gasteiger charge is 2.28. The van der Waals surface area contributed by atoms with Crippen molar-refractivity contribution >= 4 is 27.6 Å². The van der Waals surface area contributed by atoms with E-state index in [1.165, 1.54) is 32.4 Å². The number of ether oxygens (including phenoxy) is 3. The van der Waals surface area contributed by atoms with Crippen LogP contribution < -0.4 is 14.8 Å². The second kappa shape index (κ2) is 14.3. The summed E-state index contributed by atoms with van der Waals surface area (Å²) in [5, 5.41) is 2.71. The summed E-state index contributed by atoms with van der Waals surface area (Å²) in [7, 11) is -1.19. The maximum absolute atomic E-state index is 13.6. The quantitative estimate of drug-likeness (QED) is 0.230. The highest BCUT2D eigenvalue weighted by Crippen LogP contribution is 2.30. The van der Waals surface area contributed by atoms with Gasteiger partial charge >= 0.3 is 5.97 Å². The van der Waals surface area contributed by atoms with Gasteiger partial charge in [-0.1, -0.05) is 43.7 Å². The summed E-state index contributed by atoms with van der Waals surface area (Å²) in [6.07, 6.45) is 2.12. The standard InChI is InChI=1S/C29H34N2O7S/c1-4-5-19-38-29(33)23-11-13-24(14-12-23)30-28(32)21-31(18-17-22-9-7-6-8-10-22)39(34,35)25-15-16-26(36-2)27(20-25)37-3/h6-16,20H,4-5,17-19,21H2,1-3H3,(H,30,32). The number of methoxy groups -OCH3 is 2. The van der Waals surface area contributed by atoms with Crippen molar-refractivity contribution in [1.82, 2.24) is 4.31 Å². The Morgan fingerprint density at radius 2 is 1.59 bits per heavy atom. The third-order valence-corrected chi connectivity index (χ3v) is 7.78. The summed E-state index contributed by atoms with van der Waals surface area (Å²) in [5.41, 5.74) is 1.73. The van der Waals surface area contributed by atoms with Crippen LogP contribution >= 0.6 is 0 Å². The predicted octanol–water partition coefficient (Wildman–Crippen LogP) is 4.53. The Morgan fingerprint density at radius 3 is 2.23 bits per heavy atom. The lowest BCUT2D eigenvalue weighted by Crippen LogP contribution is -2.39. The minimum atomic E-state index is -4.07. The molecule has 0 aliphatic carbocycles. The smallest absolute Gasteiger partial charge is 0.338 e. The number of carbonyl (C=O) groups is 2. The number of carbonyl (C=O) groups excluding carboxylic acids is 2. The van der Waals surface area contributed by atoms with E-state index in [0.29, 0.717) is 30.0 Å². The molecule has 0 spiro atoms. The normalized spacial score (nSPS) is 11.2. The second-order valence-corrected chi connectivity index (χ2v) is 10.6. The van der Waals surface area contributed by atoms with Gasteiger partial charge in [0.1, 0.15) is 0 Å². The molecular formula is C29H34N2O7S. The lowest BCUT2D eigenvalue weighted by Gasteiger charge is -2.22. The molecule has 3 aromatic carbocycles. The van der Waals surface area contributed by atoms with Crippen LogP contribution in [0.25, 0.3) is 0 Å². The number of amides is 1. The molecule has 1 amide bonds. The first-order valence-corrected chi connectivity index (χ1v) is 14.1. The van der Waals surface area contributed by atoms with Crippen molar-refractivity contribution < 1.29 is 32.2 Å². The summed E-state index contributed by atoms with van der Waals surface area (Å²) < 4.78 is 44.1. The van der Waals surface area contributed by atoms with Gasteiger partial charge in [0, 0.05) is 18.3 Å². The van der Waals surface area contributed by atoms with Gasteiger partial charge < -0.3 is 19.5 Å². The van der Waals surface area contributed by atoms with E-state index in [9.17, 15) is 18.0 Å². The minimum absolute atomic E-state index is 0.0213. The Kier molecular flexibility index (Phi) is 10.9. The summed E-state index contributed by atoms with van der Waals surface area (Å²) >= 11 is 0. The van der Waals surface area contributed by atoms with Gasteiger partial charge in [0.15, 0.2) is 11.5 Å². The van der Waals surface area contributed by atoms with E-state index in [1.807, 2.05) is 37.3 Å². The molecule has 0 saturated heterocycles. The van der Waals surface area contributed by atoms with Crippen LogP contribution in [0.2, 0.25) is 0 Å². The highest BCUT2D eigenvalue weighted by atomic mass is 32.2. The summed E-state index contributed by atoms with van der Waals surface area (Å²) in [6.45, 7) is 2.02. The largest absolute Gasteiger partial charge is 0.493 e. The average Bonchev–Trinajstić information content (AvgIpc) is 2.95. The highest BCUT2D eigenvalue weighted by molar-refractivity contribution is 7.89. The molecule has 0 atom stereocenters. The number of unbranched alkanes of at least 4 members (excludes halogenated alkanes) is 1. The average molecular weight is 555 g/mol. The minimum Gasteiger partial charge on any atom is -0.493 e. The Labute approximate surface area is 229 Å². The van der Waals surface area contributed by atoms with Crippen LogP contribution in [0.4, 0.5) is 5.69 Å². The molecule has 1 N–H and O–H groups in total. The Morgan fingerprint density at radius 1 is 0.897 bits per heavy atom. The molecule has 0 bridgehead atoms. The second-order valence-electron chi connectivity index (χ2n) is 8.71. The number of benzene rings is 3. The van der Waals surface area contributed by atoms with Crippen molar-refractivity contribution in [3.8, 4) is 11.5 Å². The SMILES string of the molecule is CCCCOC(=O)c1ccc(NC(=O)CN(CCc2ccccc2)S(=O)(=O)c2ccc(OC)c(OC)c2)cc1. The van der Waals surface area contributed by atoms with Crippen LogP contribution in [0.5, 0.6) is 11.5 Å². The van der Waals surface area contributed by atoms with Gasteiger partial charge in [-0.25, -0.2) is 13.2 Å². The van der Waals surface area contributed by atoms with Crippen LogP contribution in [-0.2, 0) is 26.0 Å². The molecule has 208 valence electrons. The van der Waals surface area contributed by atoms with E-state index in [4.69, 9.17) is 14.2 Å². The first-order chi connectivity index (χ1) is 18.8. The first-order valence-electron chi connectivity index (χ1n) is 12.6. The lowest BCUT2D eigenvalue weighted by atomic mass is 10.1. The zero-order chi connectivity index (χ0) is 28.3. The Bertz CT molecular complexity index is 1340. The first kappa shape index (κ1) is 29.7. The molecule has 0 fully saturated rings. The number of sulfonamides is 1. The van der Waals surface area contributed by atoms with Gasteiger partial charge in [-0.2, -0.15) is 4.31 Å². The number of hydrogen-bond donors (Lipinski definition) is 1. The molecular weight excluding hydrogens is 520 g/mol. The van der Waals surface area contributed by atoms with Gasteiger partial charge in [-0.3, -0.25) is 4.79 Å². The molecule has 0 aliphatic heterocycles. The van der Waals surface area contributed by atoms with Gasteiger partial charge in [0.25, 0.3) is 0 Å². The van der Waals surface area contributed by atoms with Crippen molar-refractivity contribution in [3.63, 3.8) is 0 Å². The molecule has 39 heavy (non-hydrogen) atoms. The van der Waals surface area contributed by atoms with E-state index in [1.54, 1.807) is 24.3 Å². The van der Waals surface area contributed by atoms with Gasteiger partial charge in [-0.05, 0) is 54.8 Å². The van der Waals surface area contributed by atoms with Crippen molar-refractivity contribution in [3.05, 3.63) is 83.9 Å². The Balaban J connectivity index is 1.77. The number of nitrogens with zero attached hydrogens (tertiary/aromatic N) is 1. The molecule has 9 nitrogen and oxygen atoms in total. The molecule has 3 aromatic rings. The molecule has 0 radical (unpaired) electrons. The zero-order valence-electron chi connectivity index (χ0n) is 22.4. The number of nitrogens with one attached hydrogen (secondary N) is 1. The summed E-state index contributed by atoms with van der Waals surface area (Å²) in [4.78, 5) is 25.1. The molecule has 0 heterocycles. The van der Waals surface area contributed by atoms with Crippen molar-refractivity contribution in [2.45, 2.75) is 31.1 Å². The fourth-order valence-electron chi connectivity index (χ4n) is 3.75. The van der Waals surface area contributed by atoms with E-state index >= 15 is 0 Å². The number of hydrogen-bond acceptors (Lipinski definition) is 7. The van der Waals surface area contributed by atoms with Crippen LogP contribution in [0.15, 0.2) is 77.7 Å². The molecule has 3 rings (SSSR count). The van der Waals surface area contributed by atoms with Crippen LogP contribution in [0.3, 0.4) is 0 Å². The number of esters is 1. The fraction of sp³-hybridized carbons (Fsp3) is 0.310. The molecule has 0 aromatic heterocycles. The van der Waals surface area contributed by atoms with Crippen LogP contribution in [0.1, 0.15) is 35.7 Å². The molecule has 0 saturated carbocycles. The monoisotopic (exact) mass is 554 g/mol. The van der Waals surface area contributed by atoms with E-state index in [2.05, 4.69) is 5.32 Å². The topological polar surface area (TPSA) is 111 Å². The molecule has 0 unspecified atom stereocenters. The summed E-state index contributed by atoms with van der Waals surface area (Å²) in [5.74, 6) is -0.304. The van der Waals surface area contributed by atoms with Gasteiger partial charge in [-0.15, -0.1) is 0 Å². The maximum atomic E-state index is 13.6. The van der Waals surface area contributed by atoms with E-state index in [0.717, 1.165) is 22.7 Å². The van der Waals surface area contributed by atoms with Gasteiger partial charge in [0.2, 0.25) is 15.9 Å². The summed E-state index contributed by atoms with van der Waals surface area (Å²) in [6, 6.07) is 20.0. The van der Waals surface area contributed by atoms with E-state index in [-0.39, 0.29) is 17.2 Å². The third-order valence-electron chi connectivity index (χ3n) is 5.94. The Hall–Kier alpha value is -3.89. The predicted molar refractivity (Wildman–Crippen MR) is 149 cm³/mol. The van der Waals surface area contributed by atoms with Gasteiger partial charge in [0.05, 0.1) is 37.8 Å². The lowest BCUT2D eigenvalue weighted by molar-refractivity contribution is -0.116. The zero-order valence-corrected chi connectivity index (χ0v) is 23.2. The maximum Gasteiger partial charge on any atom is 0.338 e. The fourth-order valence-corrected chi connectivity index (χ4v) is 5.16. The van der Waals surface area contributed by atoms with E-state index < -0.39 is 28.4 Å². The number of anilines is 1. The van der Waals surface area contributed by atoms with Crippen molar-refractivity contribution in [2.75, 3.05) is 39.2 Å². The third kappa shape index (κ3) is 8.30. The number of rotatable bonds is 14. The molecule has 10 heteroatoms.